The van der Waals surface area contributed by atoms with E-state index in [9.17, 15) is 9.59 Å². The number of ether oxygens (including phenoxy) is 1. The minimum Gasteiger partial charge on any atom is -0.436 e. The summed E-state index contributed by atoms with van der Waals surface area (Å²) < 4.78 is 4.21. The van der Waals surface area contributed by atoms with E-state index < -0.39 is 6.16 Å². The van der Waals surface area contributed by atoms with E-state index >= 15 is 0 Å². The number of methoxy groups -OCH3 is 1. The third-order valence-electron chi connectivity index (χ3n) is 1.79. The summed E-state index contributed by atoms with van der Waals surface area (Å²) in [7, 11) is 1.16. The minimum atomic E-state index is -0.958. The van der Waals surface area contributed by atoms with Crippen LogP contribution in [0.5, 0.6) is 0 Å². The van der Waals surface area contributed by atoms with Crippen LogP contribution in [-0.2, 0) is 9.57 Å². The summed E-state index contributed by atoms with van der Waals surface area (Å²) in [6.07, 6.45) is -0.958. The number of benzene rings is 1. The van der Waals surface area contributed by atoms with Gasteiger partial charge in [-0.2, -0.15) is 0 Å². The zero-order valence-corrected chi connectivity index (χ0v) is 8.97. The number of carbonyl (C=O) groups excluding carboxylic acids is 2. The second-order valence-electron chi connectivity index (χ2n) is 2.92. The van der Waals surface area contributed by atoms with Crippen molar-refractivity contribution in [2.75, 3.05) is 7.11 Å². The summed E-state index contributed by atoms with van der Waals surface area (Å²) in [5.74, 6) is -0.301. The molecule has 0 heterocycles. The highest BCUT2D eigenvalue weighted by Gasteiger charge is 2.10. The third kappa shape index (κ3) is 3.20. The Kier molecular flexibility index (Phi) is 4.20. The molecule has 0 unspecified atom stereocenters. The fraction of sp³-hybridized carbons (Fsp3) is 0.182. The first-order chi connectivity index (χ1) is 7.65. The van der Waals surface area contributed by atoms with Crippen LogP contribution in [0.2, 0.25) is 0 Å². The normalized spacial score (nSPS) is 10.8. The molecule has 0 amide bonds. The Labute approximate surface area is 92.7 Å². The Morgan fingerprint density at radius 2 is 1.81 bits per heavy atom. The van der Waals surface area contributed by atoms with Crippen LogP contribution < -0.4 is 0 Å². The van der Waals surface area contributed by atoms with Gasteiger partial charge in [0.25, 0.3) is 0 Å². The number of rotatable bonds is 3. The zero-order chi connectivity index (χ0) is 12.0. The summed E-state index contributed by atoms with van der Waals surface area (Å²) in [6.45, 7) is 1.46. The van der Waals surface area contributed by atoms with E-state index in [-0.39, 0.29) is 11.5 Å². The largest absolute Gasteiger partial charge is 0.534 e. The van der Waals surface area contributed by atoms with E-state index in [0.29, 0.717) is 5.56 Å². The molecule has 0 spiro atoms. The number of Topliss-reactive ketones (excluding diaryl/α,β-unsaturated/α-hetero) is 1. The lowest BCUT2D eigenvalue weighted by Gasteiger charge is -1.99. The van der Waals surface area contributed by atoms with E-state index in [1.54, 1.807) is 30.3 Å². The van der Waals surface area contributed by atoms with Crippen molar-refractivity contribution >= 4 is 17.7 Å². The van der Waals surface area contributed by atoms with E-state index in [2.05, 4.69) is 14.7 Å². The molecule has 0 fully saturated rings. The van der Waals surface area contributed by atoms with E-state index in [1.165, 1.54) is 6.92 Å². The van der Waals surface area contributed by atoms with Gasteiger partial charge >= 0.3 is 6.16 Å². The average Bonchev–Trinajstić information content (AvgIpc) is 2.35. The average molecular weight is 221 g/mol. The van der Waals surface area contributed by atoms with Crippen molar-refractivity contribution in [3.63, 3.8) is 0 Å². The number of hydrogen-bond donors (Lipinski definition) is 0. The van der Waals surface area contributed by atoms with Crippen molar-refractivity contribution in [2.24, 2.45) is 5.16 Å². The predicted octanol–water partition coefficient (Wildman–Crippen LogP) is 2.03. The Morgan fingerprint density at radius 1 is 1.19 bits per heavy atom. The van der Waals surface area contributed by atoms with Gasteiger partial charge in [0, 0.05) is 5.56 Å². The highest BCUT2D eigenvalue weighted by atomic mass is 16.8. The summed E-state index contributed by atoms with van der Waals surface area (Å²) >= 11 is 0. The van der Waals surface area contributed by atoms with Gasteiger partial charge in [0.2, 0.25) is 5.78 Å². The van der Waals surface area contributed by atoms with Crippen molar-refractivity contribution in [2.45, 2.75) is 6.92 Å². The maximum Gasteiger partial charge on any atom is 0.534 e. The van der Waals surface area contributed by atoms with E-state index in [4.69, 9.17) is 0 Å². The lowest BCUT2D eigenvalue weighted by Crippen LogP contribution is -2.12. The zero-order valence-electron chi connectivity index (χ0n) is 8.97. The van der Waals surface area contributed by atoms with Crippen molar-refractivity contribution in [1.29, 1.82) is 0 Å². The Balaban J connectivity index is 2.71. The minimum absolute atomic E-state index is 0.0802. The van der Waals surface area contributed by atoms with Crippen molar-refractivity contribution in [3.8, 4) is 0 Å². The molecule has 84 valence electrons. The summed E-state index contributed by atoms with van der Waals surface area (Å²) in [6, 6.07) is 8.58. The molecule has 16 heavy (non-hydrogen) atoms. The van der Waals surface area contributed by atoms with Crippen LogP contribution in [-0.4, -0.2) is 24.8 Å². The molecule has 0 atom stereocenters. The summed E-state index contributed by atoms with van der Waals surface area (Å²) in [5, 5.41) is 3.36. The quantitative estimate of drug-likeness (QED) is 0.257. The van der Waals surface area contributed by atoms with Gasteiger partial charge < -0.3 is 4.74 Å². The number of oxime groups is 1. The van der Waals surface area contributed by atoms with Crippen molar-refractivity contribution in [3.05, 3.63) is 35.9 Å². The smallest absolute Gasteiger partial charge is 0.436 e. The molecule has 0 radical (unpaired) electrons. The fourth-order valence-electron chi connectivity index (χ4n) is 0.983. The second kappa shape index (κ2) is 5.65. The molecule has 5 nitrogen and oxygen atoms in total. The molecular weight excluding hydrogens is 210 g/mol. The molecule has 1 rings (SSSR count). The van der Waals surface area contributed by atoms with Crippen LogP contribution in [0.15, 0.2) is 35.5 Å². The molecule has 0 aromatic heterocycles. The lowest BCUT2D eigenvalue weighted by atomic mass is 10.1. The van der Waals surface area contributed by atoms with Crippen LogP contribution in [0, 0.1) is 0 Å². The third-order valence-corrected chi connectivity index (χ3v) is 1.79. The van der Waals surface area contributed by atoms with Gasteiger partial charge in [-0.25, -0.2) is 4.79 Å². The first-order valence-corrected chi connectivity index (χ1v) is 4.54. The molecule has 0 bridgehead atoms. The molecule has 1 aromatic carbocycles. The fourth-order valence-corrected chi connectivity index (χ4v) is 0.983. The SMILES string of the molecule is COC(=O)ON=C(C)C(=O)c1ccccc1. The monoisotopic (exact) mass is 221 g/mol. The molecule has 0 saturated heterocycles. The molecule has 1 aromatic rings. The van der Waals surface area contributed by atoms with Crippen LogP contribution >= 0.6 is 0 Å². The van der Waals surface area contributed by atoms with E-state index in [0.717, 1.165) is 7.11 Å². The topological polar surface area (TPSA) is 65.0 Å². The first-order valence-electron chi connectivity index (χ1n) is 4.54. The maximum absolute atomic E-state index is 11.7. The van der Waals surface area contributed by atoms with Gasteiger partial charge in [0.05, 0.1) is 7.11 Å². The van der Waals surface area contributed by atoms with Crippen LogP contribution in [0.25, 0.3) is 0 Å². The molecular formula is C11H11NO4. The van der Waals surface area contributed by atoms with Gasteiger partial charge in [-0.1, -0.05) is 35.5 Å². The molecule has 0 aliphatic carbocycles. The predicted molar refractivity (Wildman–Crippen MR) is 57.4 cm³/mol. The van der Waals surface area contributed by atoms with Crippen LogP contribution in [0.3, 0.4) is 0 Å². The highest BCUT2D eigenvalue weighted by molar-refractivity contribution is 6.45. The highest BCUT2D eigenvalue weighted by Crippen LogP contribution is 2.01. The maximum atomic E-state index is 11.7. The Hall–Kier alpha value is -2.17. The molecule has 0 aliphatic rings. The first kappa shape index (κ1) is 11.9. The van der Waals surface area contributed by atoms with Crippen LogP contribution in [0.4, 0.5) is 4.79 Å². The number of nitrogens with zero attached hydrogens (tertiary/aromatic N) is 1. The van der Waals surface area contributed by atoms with Gasteiger partial charge in [0.1, 0.15) is 5.71 Å². The Bertz CT molecular complexity index is 411. The number of hydrogen-bond acceptors (Lipinski definition) is 5. The van der Waals surface area contributed by atoms with Crippen molar-refractivity contribution in [1.82, 2.24) is 0 Å². The Morgan fingerprint density at radius 3 is 2.38 bits per heavy atom. The van der Waals surface area contributed by atoms with Crippen LogP contribution in [0.1, 0.15) is 17.3 Å². The second-order valence-corrected chi connectivity index (χ2v) is 2.92. The van der Waals surface area contributed by atoms with E-state index in [1.807, 2.05) is 0 Å². The number of ketones is 1. The molecule has 0 aliphatic heterocycles. The van der Waals surface area contributed by atoms with Gasteiger partial charge in [-0.05, 0) is 6.92 Å². The molecule has 0 saturated carbocycles. The number of carbonyl (C=O) groups is 2. The molecule has 0 N–H and O–H groups in total. The van der Waals surface area contributed by atoms with Crippen molar-refractivity contribution < 1.29 is 19.2 Å². The lowest BCUT2D eigenvalue weighted by molar-refractivity contribution is 0.0748. The summed E-state index contributed by atoms with van der Waals surface area (Å²) in [4.78, 5) is 26.6. The standard InChI is InChI=1S/C11H11NO4/c1-8(12-16-11(14)15-2)10(13)9-6-4-3-5-7-9/h3-7H,1-2H3. The summed E-state index contributed by atoms with van der Waals surface area (Å²) in [5.41, 5.74) is 0.564. The van der Waals surface area contributed by atoms with Gasteiger partial charge in [-0.15, -0.1) is 0 Å². The molecule has 5 heteroatoms. The van der Waals surface area contributed by atoms with Gasteiger partial charge in [-0.3, -0.25) is 9.63 Å². The van der Waals surface area contributed by atoms with Gasteiger partial charge in [0.15, 0.2) is 0 Å².